The molecule has 18 heavy (non-hydrogen) atoms. The summed E-state index contributed by atoms with van der Waals surface area (Å²) in [5.41, 5.74) is 1.27. The lowest BCUT2D eigenvalue weighted by molar-refractivity contribution is 0.588. The van der Waals surface area contributed by atoms with Gasteiger partial charge in [-0.2, -0.15) is 0 Å². The summed E-state index contributed by atoms with van der Waals surface area (Å²) in [5, 5.41) is 5.03. The number of aryl methyl sites for hydroxylation is 1. The Bertz CT molecular complexity index is 387. The van der Waals surface area contributed by atoms with E-state index in [0.717, 1.165) is 18.5 Å². The molecular weight excluding hydrogens is 240 g/mol. The highest BCUT2D eigenvalue weighted by molar-refractivity contribution is 7.11. The molecule has 1 aromatic heterocycles. The Morgan fingerprint density at radius 2 is 1.83 bits per heavy atom. The van der Waals surface area contributed by atoms with Crippen molar-refractivity contribution in [2.45, 2.75) is 76.8 Å². The van der Waals surface area contributed by atoms with Gasteiger partial charge in [-0.15, -0.1) is 11.3 Å². The topological polar surface area (TPSA) is 24.9 Å². The monoisotopic (exact) mass is 264 g/mol. The summed E-state index contributed by atoms with van der Waals surface area (Å²) in [5.74, 6) is 0.755. The lowest BCUT2D eigenvalue weighted by Gasteiger charge is -2.09. The second kappa shape index (κ2) is 5.70. The Balaban J connectivity index is 1.65. The molecule has 3 rings (SSSR count). The van der Waals surface area contributed by atoms with Crippen molar-refractivity contribution in [2.75, 3.05) is 0 Å². The minimum absolute atomic E-state index is 0.755. The van der Waals surface area contributed by atoms with Crippen LogP contribution in [-0.2, 0) is 6.54 Å². The van der Waals surface area contributed by atoms with Gasteiger partial charge in [0.25, 0.3) is 0 Å². The Labute approximate surface area is 114 Å². The molecular formula is C15H24N2S. The van der Waals surface area contributed by atoms with Gasteiger partial charge in [-0.1, -0.05) is 25.7 Å². The lowest BCUT2D eigenvalue weighted by atomic mass is 10.0. The van der Waals surface area contributed by atoms with Gasteiger partial charge >= 0.3 is 0 Å². The standard InChI is InChI=1S/C15H24N2S/c1-11-14(10-16-13-8-9-13)18-15(17-11)12-6-4-2-3-5-7-12/h12-13,16H,2-10H2,1H3. The van der Waals surface area contributed by atoms with E-state index >= 15 is 0 Å². The molecule has 2 aliphatic carbocycles. The summed E-state index contributed by atoms with van der Waals surface area (Å²) in [7, 11) is 0. The van der Waals surface area contributed by atoms with Crippen LogP contribution in [0.3, 0.4) is 0 Å². The Hall–Kier alpha value is -0.410. The second-order valence-corrected chi connectivity index (χ2v) is 7.02. The highest BCUT2D eigenvalue weighted by atomic mass is 32.1. The van der Waals surface area contributed by atoms with Crippen molar-refractivity contribution in [3.63, 3.8) is 0 Å². The van der Waals surface area contributed by atoms with Crippen LogP contribution in [0.4, 0.5) is 0 Å². The van der Waals surface area contributed by atoms with Crippen LogP contribution in [0.2, 0.25) is 0 Å². The minimum Gasteiger partial charge on any atom is -0.309 e. The second-order valence-electron chi connectivity index (χ2n) is 5.90. The van der Waals surface area contributed by atoms with Gasteiger partial charge in [0.15, 0.2) is 0 Å². The molecule has 2 nitrogen and oxygen atoms in total. The third-order valence-corrected chi connectivity index (χ3v) is 5.56. The van der Waals surface area contributed by atoms with Gasteiger partial charge in [-0.25, -0.2) is 4.98 Å². The lowest BCUT2D eigenvalue weighted by Crippen LogP contribution is -2.14. The van der Waals surface area contributed by atoms with Crippen molar-refractivity contribution < 1.29 is 0 Å². The molecule has 1 N–H and O–H groups in total. The fraction of sp³-hybridized carbons (Fsp3) is 0.800. The van der Waals surface area contributed by atoms with E-state index in [4.69, 9.17) is 4.98 Å². The molecule has 0 radical (unpaired) electrons. The van der Waals surface area contributed by atoms with Crippen LogP contribution in [-0.4, -0.2) is 11.0 Å². The number of hydrogen-bond acceptors (Lipinski definition) is 3. The maximum absolute atomic E-state index is 4.85. The molecule has 0 aliphatic heterocycles. The van der Waals surface area contributed by atoms with E-state index in [-0.39, 0.29) is 0 Å². The van der Waals surface area contributed by atoms with Crippen molar-refractivity contribution in [1.82, 2.24) is 10.3 Å². The van der Waals surface area contributed by atoms with Crippen LogP contribution in [0.5, 0.6) is 0 Å². The van der Waals surface area contributed by atoms with E-state index in [1.807, 2.05) is 11.3 Å². The Morgan fingerprint density at radius 1 is 1.11 bits per heavy atom. The number of thiazole rings is 1. The van der Waals surface area contributed by atoms with Gasteiger partial charge in [0.05, 0.1) is 10.7 Å². The van der Waals surface area contributed by atoms with Gasteiger partial charge in [0.1, 0.15) is 0 Å². The predicted molar refractivity (Wildman–Crippen MR) is 77.2 cm³/mol. The molecule has 0 bridgehead atoms. The third-order valence-electron chi connectivity index (χ3n) is 4.24. The molecule has 1 aromatic rings. The fourth-order valence-electron chi connectivity index (χ4n) is 2.84. The first-order chi connectivity index (χ1) is 8.83. The molecule has 0 saturated heterocycles. The van der Waals surface area contributed by atoms with Gasteiger partial charge in [0, 0.05) is 23.4 Å². The fourth-order valence-corrected chi connectivity index (χ4v) is 4.03. The van der Waals surface area contributed by atoms with Gasteiger partial charge in [-0.3, -0.25) is 0 Å². The number of aromatic nitrogens is 1. The SMILES string of the molecule is Cc1nc(C2CCCCCC2)sc1CNC1CC1. The first kappa shape index (κ1) is 12.6. The summed E-state index contributed by atoms with van der Waals surface area (Å²) in [4.78, 5) is 6.33. The van der Waals surface area contributed by atoms with Crippen molar-refractivity contribution >= 4 is 11.3 Å². The van der Waals surface area contributed by atoms with E-state index in [0.29, 0.717) is 0 Å². The van der Waals surface area contributed by atoms with Crippen molar-refractivity contribution in [1.29, 1.82) is 0 Å². The zero-order valence-corrected chi connectivity index (χ0v) is 12.2. The molecule has 0 spiro atoms. The highest BCUT2D eigenvalue weighted by Crippen LogP contribution is 2.35. The molecule has 100 valence electrons. The number of nitrogens with zero attached hydrogens (tertiary/aromatic N) is 1. The van der Waals surface area contributed by atoms with Crippen molar-refractivity contribution in [3.8, 4) is 0 Å². The number of hydrogen-bond donors (Lipinski definition) is 1. The molecule has 0 atom stereocenters. The van der Waals surface area contributed by atoms with Gasteiger partial charge in [0.2, 0.25) is 0 Å². The van der Waals surface area contributed by atoms with Crippen LogP contribution < -0.4 is 5.32 Å². The summed E-state index contributed by atoms with van der Waals surface area (Å²) in [6.45, 7) is 3.22. The van der Waals surface area contributed by atoms with Crippen LogP contribution in [0.15, 0.2) is 0 Å². The smallest absolute Gasteiger partial charge is 0.0962 e. The highest BCUT2D eigenvalue weighted by Gasteiger charge is 2.22. The van der Waals surface area contributed by atoms with Crippen LogP contribution in [0.1, 0.15) is 72.9 Å². The summed E-state index contributed by atoms with van der Waals surface area (Å²) >= 11 is 1.97. The predicted octanol–water partition coefficient (Wildman–Crippen LogP) is 4.14. The average Bonchev–Trinajstić information content (AvgIpc) is 3.15. The summed E-state index contributed by atoms with van der Waals surface area (Å²) in [6.07, 6.45) is 11.1. The van der Waals surface area contributed by atoms with Crippen LogP contribution in [0.25, 0.3) is 0 Å². The summed E-state index contributed by atoms with van der Waals surface area (Å²) in [6, 6.07) is 0.799. The number of nitrogens with one attached hydrogen (secondary N) is 1. The van der Waals surface area contributed by atoms with Gasteiger partial charge in [-0.05, 0) is 32.6 Å². The van der Waals surface area contributed by atoms with Crippen LogP contribution in [0, 0.1) is 6.92 Å². The van der Waals surface area contributed by atoms with E-state index < -0.39 is 0 Å². The third kappa shape index (κ3) is 3.12. The Morgan fingerprint density at radius 3 is 2.50 bits per heavy atom. The maximum atomic E-state index is 4.85. The number of rotatable bonds is 4. The zero-order chi connectivity index (χ0) is 12.4. The van der Waals surface area contributed by atoms with E-state index in [2.05, 4.69) is 12.2 Å². The first-order valence-electron chi connectivity index (χ1n) is 7.52. The quantitative estimate of drug-likeness (QED) is 0.827. The largest absolute Gasteiger partial charge is 0.309 e. The average molecular weight is 264 g/mol. The van der Waals surface area contributed by atoms with E-state index in [1.54, 1.807) is 0 Å². The van der Waals surface area contributed by atoms with Crippen LogP contribution >= 0.6 is 11.3 Å². The van der Waals surface area contributed by atoms with Gasteiger partial charge < -0.3 is 5.32 Å². The maximum Gasteiger partial charge on any atom is 0.0962 e. The normalized spacial score (nSPS) is 22.1. The Kier molecular flexibility index (Phi) is 4.00. The van der Waals surface area contributed by atoms with E-state index in [9.17, 15) is 0 Å². The molecule has 2 fully saturated rings. The molecule has 2 saturated carbocycles. The zero-order valence-electron chi connectivity index (χ0n) is 11.4. The first-order valence-corrected chi connectivity index (χ1v) is 8.34. The molecule has 0 amide bonds. The molecule has 0 unspecified atom stereocenters. The van der Waals surface area contributed by atoms with E-state index in [1.165, 1.54) is 66.9 Å². The molecule has 3 heteroatoms. The van der Waals surface area contributed by atoms with Crippen molar-refractivity contribution in [3.05, 3.63) is 15.6 Å². The van der Waals surface area contributed by atoms with Crippen molar-refractivity contribution in [2.24, 2.45) is 0 Å². The summed E-state index contributed by atoms with van der Waals surface area (Å²) < 4.78 is 0. The molecule has 0 aromatic carbocycles. The minimum atomic E-state index is 0.755. The molecule has 1 heterocycles. The molecule has 2 aliphatic rings.